The molecule has 284 valence electrons. The first-order chi connectivity index (χ1) is 29.6. The fourth-order valence-corrected chi connectivity index (χ4v) is 10.2. The highest BCUT2D eigenvalue weighted by molar-refractivity contribution is 7.03. The van der Waals surface area contributed by atoms with E-state index in [2.05, 4.69) is 235 Å². The van der Waals surface area contributed by atoms with Crippen LogP contribution in [0.25, 0.3) is 27.6 Å². The van der Waals surface area contributed by atoms with Crippen LogP contribution in [0, 0.1) is 0 Å². The van der Waals surface area contributed by atoms with Crippen LogP contribution >= 0.6 is 0 Å². The lowest BCUT2D eigenvalue weighted by molar-refractivity contribution is 0.452. The van der Waals surface area contributed by atoms with E-state index in [-0.39, 0.29) is 6.71 Å². The first kappa shape index (κ1) is 34.5. The summed E-state index contributed by atoms with van der Waals surface area (Å²) in [5.74, 6) is 1.02. The Labute approximate surface area is 351 Å². The third-order valence-corrected chi connectivity index (χ3v) is 12.7. The van der Waals surface area contributed by atoms with Gasteiger partial charge in [0.2, 0.25) is 0 Å². The number of hydrogen-bond acceptors (Lipinski definition) is 4. The predicted molar refractivity (Wildman–Crippen MR) is 251 cm³/mol. The third kappa shape index (κ3) is 5.05. The number of benzene rings is 8. The highest BCUT2D eigenvalue weighted by Gasteiger charge is 2.54. The first-order valence-corrected chi connectivity index (χ1v) is 20.8. The second-order valence-electron chi connectivity index (χ2n) is 16.5. The van der Waals surface area contributed by atoms with Gasteiger partial charge in [-0.25, -0.2) is 0 Å². The molecule has 4 nitrogen and oxygen atoms in total. The van der Waals surface area contributed by atoms with Gasteiger partial charge in [-0.05, 0) is 120 Å². The normalized spacial score (nSPS) is 14.5. The summed E-state index contributed by atoms with van der Waals surface area (Å²) < 4.78 is 6.98. The Bertz CT molecular complexity index is 3100. The summed E-state index contributed by atoms with van der Waals surface area (Å²) in [4.78, 5) is 7.40. The summed E-state index contributed by atoms with van der Waals surface area (Å²) in [6, 6.07) is 74.6. The maximum Gasteiger partial charge on any atom is 0.252 e. The molecule has 0 radical (unpaired) electrons. The molecule has 8 aromatic carbocycles. The van der Waals surface area contributed by atoms with Crippen LogP contribution in [0.15, 0.2) is 216 Å². The van der Waals surface area contributed by atoms with E-state index in [1.54, 1.807) is 0 Å². The van der Waals surface area contributed by atoms with Crippen LogP contribution in [0.2, 0.25) is 0 Å². The second-order valence-corrected chi connectivity index (χ2v) is 16.5. The van der Waals surface area contributed by atoms with Crippen molar-refractivity contribution >= 4 is 79.6 Å². The summed E-state index contributed by atoms with van der Waals surface area (Å²) in [5.41, 5.74) is 18.3. The zero-order valence-corrected chi connectivity index (χ0v) is 33.5. The average Bonchev–Trinajstić information content (AvgIpc) is 3.80. The molecule has 2 aliphatic heterocycles. The van der Waals surface area contributed by atoms with E-state index < -0.39 is 5.41 Å². The molecule has 0 saturated carbocycles. The van der Waals surface area contributed by atoms with Gasteiger partial charge in [0.05, 0.1) is 5.41 Å². The molecule has 0 spiro atoms. The van der Waals surface area contributed by atoms with Gasteiger partial charge < -0.3 is 19.1 Å². The molecule has 0 fully saturated rings. The highest BCUT2D eigenvalue weighted by atomic mass is 16.3. The Morgan fingerprint density at radius 3 is 1.78 bits per heavy atom. The van der Waals surface area contributed by atoms with Crippen LogP contribution in [-0.2, 0) is 5.41 Å². The van der Waals surface area contributed by atoms with Gasteiger partial charge in [0.1, 0.15) is 11.3 Å². The van der Waals surface area contributed by atoms with E-state index in [1.165, 1.54) is 50.2 Å². The van der Waals surface area contributed by atoms with Gasteiger partial charge in [0.25, 0.3) is 6.71 Å². The van der Waals surface area contributed by atoms with Crippen LogP contribution in [0.1, 0.15) is 25.2 Å². The molecule has 3 aliphatic rings. The average molecular weight is 770 g/mol. The van der Waals surface area contributed by atoms with Crippen LogP contribution in [-0.4, -0.2) is 6.71 Å². The molecule has 0 amide bonds. The van der Waals surface area contributed by atoms with Crippen molar-refractivity contribution in [1.82, 2.24) is 0 Å². The number of allylic oxidation sites excluding steroid dienone is 1. The number of hydrogen-bond donors (Lipinski definition) is 0. The van der Waals surface area contributed by atoms with Crippen molar-refractivity contribution in [3.05, 3.63) is 223 Å². The molecule has 0 atom stereocenters. The highest BCUT2D eigenvalue weighted by Crippen LogP contribution is 2.58. The molecule has 5 heteroatoms. The smallest absolute Gasteiger partial charge is 0.252 e. The lowest BCUT2D eigenvalue weighted by Crippen LogP contribution is -2.55. The largest absolute Gasteiger partial charge is 0.459 e. The summed E-state index contributed by atoms with van der Waals surface area (Å²) in [5, 5.41) is 1.16. The van der Waals surface area contributed by atoms with Crippen LogP contribution in [0.3, 0.4) is 0 Å². The van der Waals surface area contributed by atoms with Crippen molar-refractivity contribution in [2.45, 2.75) is 19.3 Å². The summed E-state index contributed by atoms with van der Waals surface area (Å²) in [6.45, 7) is 4.63. The van der Waals surface area contributed by atoms with Crippen molar-refractivity contribution in [2.75, 3.05) is 14.7 Å². The van der Waals surface area contributed by atoms with Gasteiger partial charge in [0.15, 0.2) is 0 Å². The Morgan fingerprint density at radius 2 is 1.07 bits per heavy atom. The van der Waals surface area contributed by atoms with Crippen LogP contribution in [0.5, 0.6) is 0 Å². The molecule has 0 N–H and O–H groups in total. The Hall–Kier alpha value is -7.50. The number of para-hydroxylation sites is 4. The monoisotopic (exact) mass is 769 g/mol. The zero-order valence-electron chi connectivity index (χ0n) is 33.5. The minimum Gasteiger partial charge on any atom is -0.459 e. The van der Waals surface area contributed by atoms with Crippen molar-refractivity contribution in [1.29, 1.82) is 0 Å². The lowest BCUT2D eigenvalue weighted by Gasteiger charge is -2.46. The summed E-state index contributed by atoms with van der Waals surface area (Å²) in [6.07, 6.45) is 0. The van der Waals surface area contributed by atoms with Gasteiger partial charge in [0, 0.05) is 62.1 Å². The number of fused-ring (bicyclic) bond motifs is 7. The Morgan fingerprint density at radius 1 is 0.483 bits per heavy atom. The van der Waals surface area contributed by atoms with E-state index in [0.29, 0.717) is 0 Å². The molecule has 0 unspecified atom stereocenters. The maximum absolute atomic E-state index is 6.98. The molecule has 9 aromatic rings. The van der Waals surface area contributed by atoms with Gasteiger partial charge >= 0.3 is 0 Å². The van der Waals surface area contributed by atoms with Gasteiger partial charge in [-0.2, -0.15) is 0 Å². The van der Waals surface area contributed by atoms with E-state index in [1.807, 2.05) is 0 Å². The Kier molecular flexibility index (Phi) is 7.64. The maximum atomic E-state index is 6.98. The van der Waals surface area contributed by atoms with Crippen molar-refractivity contribution in [3.8, 4) is 11.1 Å². The molecule has 3 heterocycles. The SMILES string of the molecule is CC1(C)C2=C(B3c4ccc(N(c5ccccc5)c5ccccc5)cc4N(c4ccccc4)c4cccc(c43)N2c2cccc(-c3ccccc3)c2)c2c1oc1ccccc21. The fourth-order valence-electron chi connectivity index (χ4n) is 10.2. The molecular weight excluding hydrogens is 729 g/mol. The van der Waals surface area contributed by atoms with Gasteiger partial charge in [-0.3, -0.25) is 0 Å². The molecule has 0 bridgehead atoms. The molecule has 0 saturated heterocycles. The van der Waals surface area contributed by atoms with Crippen molar-refractivity contribution in [3.63, 3.8) is 0 Å². The first-order valence-electron chi connectivity index (χ1n) is 20.8. The van der Waals surface area contributed by atoms with Gasteiger partial charge in [-0.15, -0.1) is 0 Å². The predicted octanol–water partition coefficient (Wildman–Crippen LogP) is 13.4. The number of rotatable bonds is 6. The minimum absolute atomic E-state index is 0.0628. The fraction of sp³-hybridized carbons (Fsp3) is 0.0545. The molecule has 60 heavy (non-hydrogen) atoms. The molecular formula is C55H40BN3O. The molecule has 12 rings (SSSR count). The van der Waals surface area contributed by atoms with Crippen molar-refractivity contribution < 1.29 is 4.42 Å². The van der Waals surface area contributed by atoms with Crippen molar-refractivity contribution in [2.24, 2.45) is 0 Å². The number of anilines is 8. The van der Waals surface area contributed by atoms with Crippen LogP contribution in [0.4, 0.5) is 45.5 Å². The van der Waals surface area contributed by atoms with E-state index >= 15 is 0 Å². The number of furan rings is 1. The number of nitrogens with zero attached hydrogens (tertiary/aromatic N) is 3. The molecule has 1 aliphatic carbocycles. The van der Waals surface area contributed by atoms with E-state index in [4.69, 9.17) is 4.42 Å². The van der Waals surface area contributed by atoms with Gasteiger partial charge in [-0.1, -0.05) is 127 Å². The third-order valence-electron chi connectivity index (χ3n) is 12.7. The minimum atomic E-state index is -0.450. The quantitative estimate of drug-likeness (QED) is 0.157. The second kappa shape index (κ2) is 13.3. The topological polar surface area (TPSA) is 22.9 Å². The molecule has 1 aromatic heterocycles. The van der Waals surface area contributed by atoms with E-state index in [0.717, 1.165) is 50.9 Å². The van der Waals surface area contributed by atoms with Crippen LogP contribution < -0.4 is 25.6 Å². The van der Waals surface area contributed by atoms with E-state index in [9.17, 15) is 0 Å². The zero-order chi connectivity index (χ0) is 40.0. The standard InChI is InChI=1S/C55H40BN3O/c1-55(2)53-52(50-44-29-15-16-32-49(44)60-54(50)55)56-45-34-33-43(57(39-22-9-4-10-23-39)40-24-11-5-12-25-40)36-48(45)58(41-26-13-6-14-27-41)46-30-18-31-47(51(46)56)59(53)42-28-17-21-38(35-42)37-19-7-3-8-20-37/h3-36H,1-2H3. The summed E-state index contributed by atoms with van der Waals surface area (Å²) >= 11 is 0. The Balaban J connectivity index is 1.17. The lowest BCUT2D eigenvalue weighted by atomic mass is 9.32. The summed E-state index contributed by atoms with van der Waals surface area (Å²) in [7, 11) is 0.